The molecular formula is C22H22BrN3O5. The summed E-state index contributed by atoms with van der Waals surface area (Å²) in [5.74, 6) is 0.00192. The monoisotopic (exact) mass is 487 g/mol. The molecule has 2 heterocycles. The van der Waals surface area contributed by atoms with E-state index >= 15 is 0 Å². The Morgan fingerprint density at radius 3 is 2.39 bits per heavy atom. The maximum atomic E-state index is 13.4. The quantitative estimate of drug-likeness (QED) is 0.558. The number of ether oxygens (including phenoxy) is 2. The molecular weight excluding hydrogens is 466 g/mol. The third-order valence-electron chi connectivity index (χ3n) is 5.77. The predicted octanol–water partition coefficient (Wildman–Crippen LogP) is 2.76. The van der Waals surface area contributed by atoms with Gasteiger partial charge in [0, 0.05) is 13.5 Å². The van der Waals surface area contributed by atoms with Crippen molar-refractivity contribution in [1.29, 1.82) is 0 Å². The maximum absolute atomic E-state index is 13.4. The van der Waals surface area contributed by atoms with Crippen molar-refractivity contribution in [1.82, 2.24) is 14.5 Å². The zero-order valence-corrected chi connectivity index (χ0v) is 18.9. The molecule has 31 heavy (non-hydrogen) atoms. The van der Waals surface area contributed by atoms with E-state index in [-0.39, 0.29) is 23.9 Å². The van der Waals surface area contributed by atoms with E-state index in [9.17, 15) is 14.4 Å². The molecule has 0 spiro atoms. The van der Waals surface area contributed by atoms with Crippen molar-refractivity contribution < 1.29 is 19.1 Å². The number of nitrogens with one attached hydrogen (secondary N) is 1. The first-order chi connectivity index (χ1) is 14.9. The van der Waals surface area contributed by atoms with Crippen LogP contribution >= 0.6 is 15.9 Å². The molecule has 1 aliphatic heterocycles. The fourth-order valence-electron chi connectivity index (χ4n) is 4.21. The lowest BCUT2D eigenvalue weighted by molar-refractivity contribution is -0.137. The summed E-state index contributed by atoms with van der Waals surface area (Å²) in [6.07, 6.45) is 0.571. The van der Waals surface area contributed by atoms with Crippen LogP contribution in [0.5, 0.6) is 11.5 Å². The number of piperidine rings is 1. The average molecular weight is 488 g/mol. The second-order valence-corrected chi connectivity index (χ2v) is 8.23. The number of nitrogens with zero attached hydrogens (tertiary/aromatic N) is 2. The number of carbonyl (C=O) groups is 2. The Labute approximate surface area is 186 Å². The van der Waals surface area contributed by atoms with E-state index in [1.165, 1.54) is 4.57 Å². The van der Waals surface area contributed by atoms with Gasteiger partial charge in [0.25, 0.3) is 0 Å². The molecule has 162 valence electrons. The normalized spacial score (nSPS) is 17.5. The van der Waals surface area contributed by atoms with Crippen LogP contribution in [0.1, 0.15) is 24.4 Å². The summed E-state index contributed by atoms with van der Waals surface area (Å²) in [7, 11) is 4.82. The fraction of sp³-hybridized carbons (Fsp3) is 0.318. The topological polar surface area (TPSA) is 91.6 Å². The first-order valence-electron chi connectivity index (χ1n) is 9.78. The number of carbonyl (C=O) groups excluding carboxylic acids is 2. The molecule has 8 nitrogen and oxygen atoms in total. The first-order valence-corrected chi connectivity index (χ1v) is 10.6. The maximum Gasteiger partial charge on any atom is 0.329 e. The number of aryl methyl sites for hydroxylation is 1. The number of hydrogen-bond acceptors (Lipinski definition) is 5. The molecule has 4 rings (SSSR count). The number of aromatic nitrogens is 2. The average Bonchev–Trinajstić information content (AvgIpc) is 3.02. The van der Waals surface area contributed by atoms with Crippen molar-refractivity contribution >= 4 is 38.8 Å². The third kappa shape index (κ3) is 3.52. The summed E-state index contributed by atoms with van der Waals surface area (Å²) in [6.45, 7) is 0. The minimum atomic E-state index is -0.601. The van der Waals surface area contributed by atoms with Gasteiger partial charge >= 0.3 is 5.69 Å². The summed E-state index contributed by atoms with van der Waals surface area (Å²) < 4.78 is 14.5. The summed E-state index contributed by atoms with van der Waals surface area (Å²) in [5, 5.41) is 2.42. The molecule has 0 saturated carbocycles. The number of amides is 2. The molecule has 9 heteroatoms. The van der Waals surface area contributed by atoms with Gasteiger partial charge in [-0.15, -0.1) is 0 Å². The van der Waals surface area contributed by atoms with Gasteiger partial charge in [0.1, 0.15) is 11.5 Å². The summed E-state index contributed by atoms with van der Waals surface area (Å²) in [4.78, 5) is 38.0. The number of imide groups is 1. The predicted molar refractivity (Wildman–Crippen MR) is 118 cm³/mol. The van der Waals surface area contributed by atoms with E-state index in [4.69, 9.17) is 9.47 Å². The number of imidazole rings is 1. The van der Waals surface area contributed by atoms with E-state index < -0.39 is 12.0 Å². The standard InChI is InChI=1S/C22H22BrN3O5/c1-25-20-15(9-10-16(31-3)18(20)23)26(22(25)29)19(12-4-6-13(30-2)7-5-12)14-8-11-17(27)24-21(14)28/h4-7,9-10,14,19H,8,11H2,1-3H3,(H,24,27,28). The van der Waals surface area contributed by atoms with E-state index in [2.05, 4.69) is 21.2 Å². The molecule has 1 aliphatic rings. The third-order valence-corrected chi connectivity index (χ3v) is 6.53. The van der Waals surface area contributed by atoms with Gasteiger partial charge in [-0.1, -0.05) is 12.1 Å². The zero-order valence-electron chi connectivity index (χ0n) is 17.3. The highest BCUT2D eigenvalue weighted by molar-refractivity contribution is 9.10. The van der Waals surface area contributed by atoms with Gasteiger partial charge in [0.2, 0.25) is 11.8 Å². The Morgan fingerprint density at radius 1 is 1.06 bits per heavy atom. The Balaban J connectivity index is 1.97. The van der Waals surface area contributed by atoms with Crippen molar-refractivity contribution in [3.63, 3.8) is 0 Å². The van der Waals surface area contributed by atoms with Crippen LogP contribution in [0.3, 0.4) is 0 Å². The van der Waals surface area contributed by atoms with Crippen LogP contribution < -0.4 is 20.5 Å². The van der Waals surface area contributed by atoms with Crippen molar-refractivity contribution in [2.24, 2.45) is 13.0 Å². The summed E-state index contributed by atoms with van der Waals surface area (Å²) in [5.41, 5.74) is 1.83. The lowest BCUT2D eigenvalue weighted by Gasteiger charge is -2.30. The molecule has 2 unspecified atom stereocenters. The SMILES string of the molecule is COc1ccc(C(C2CCC(=O)NC2=O)n2c(=O)n(C)c3c(Br)c(OC)ccc32)cc1. The Morgan fingerprint density at radius 2 is 1.77 bits per heavy atom. The smallest absolute Gasteiger partial charge is 0.329 e. The van der Waals surface area contributed by atoms with Crippen LogP contribution in [0.15, 0.2) is 45.7 Å². The van der Waals surface area contributed by atoms with Crippen LogP contribution in [0.2, 0.25) is 0 Å². The van der Waals surface area contributed by atoms with Crippen LogP contribution in [0.25, 0.3) is 11.0 Å². The highest BCUT2D eigenvalue weighted by Crippen LogP contribution is 2.38. The Bertz CT molecular complexity index is 1230. The number of benzene rings is 2. The van der Waals surface area contributed by atoms with Crippen LogP contribution in [-0.4, -0.2) is 35.2 Å². The second-order valence-electron chi connectivity index (χ2n) is 7.44. The minimum Gasteiger partial charge on any atom is -0.497 e. The van der Waals surface area contributed by atoms with Gasteiger partial charge in [0.15, 0.2) is 0 Å². The Hall–Kier alpha value is -3.07. The molecule has 3 aromatic rings. The summed E-state index contributed by atoms with van der Waals surface area (Å²) in [6, 6.07) is 10.3. The molecule has 1 N–H and O–H groups in total. The second kappa shape index (κ2) is 8.22. The lowest BCUT2D eigenvalue weighted by atomic mass is 9.86. The van der Waals surface area contributed by atoms with E-state index in [1.807, 2.05) is 18.2 Å². The van der Waals surface area contributed by atoms with Crippen molar-refractivity contribution in [2.75, 3.05) is 14.2 Å². The molecule has 2 atom stereocenters. The highest BCUT2D eigenvalue weighted by Gasteiger charge is 2.37. The number of fused-ring (bicyclic) bond motifs is 1. The lowest BCUT2D eigenvalue weighted by Crippen LogP contribution is -2.45. The number of halogens is 1. The number of rotatable bonds is 5. The molecule has 0 aliphatic carbocycles. The molecule has 1 saturated heterocycles. The zero-order chi connectivity index (χ0) is 22.3. The van der Waals surface area contributed by atoms with E-state index in [0.29, 0.717) is 33.4 Å². The van der Waals surface area contributed by atoms with Gasteiger partial charge in [-0.2, -0.15) is 0 Å². The Kier molecular flexibility index (Phi) is 5.62. The first kappa shape index (κ1) is 21.2. The minimum absolute atomic E-state index is 0.222. The van der Waals surface area contributed by atoms with Crippen LogP contribution in [0, 0.1) is 5.92 Å². The van der Waals surface area contributed by atoms with Crippen molar-refractivity contribution in [3.05, 3.63) is 56.9 Å². The van der Waals surface area contributed by atoms with Gasteiger partial charge < -0.3 is 9.47 Å². The van der Waals surface area contributed by atoms with Gasteiger partial charge in [0.05, 0.1) is 41.7 Å². The number of hydrogen-bond donors (Lipinski definition) is 1. The number of methoxy groups -OCH3 is 2. The van der Waals surface area contributed by atoms with Crippen molar-refractivity contribution in [3.8, 4) is 11.5 Å². The summed E-state index contributed by atoms with van der Waals surface area (Å²) >= 11 is 3.54. The molecule has 2 amide bonds. The fourth-order valence-corrected chi connectivity index (χ4v) is 4.97. The van der Waals surface area contributed by atoms with Crippen LogP contribution in [0.4, 0.5) is 0 Å². The molecule has 1 fully saturated rings. The van der Waals surface area contributed by atoms with E-state index in [0.717, 1.165) is 5.56 Å². The van der Waals surface area contributed by atoms with Crippen LogP contribution in [-0.2, 0) is 16.6 Å². The molecule has 0 radical (unpaired) electrons. The van der Waals surface area contributed by atoms with E-state index in [1.54, 1.807) is 44.0 Å². The molecule has 1 aromatic heterocycles. The molecule has 0 bridgehead atoms. The van der Waals surface area contributed by atoms with Gasteiger partial charge in [-0.25, -0.2) is 4.79 Å². The molecule has 2 aromatic carbocycles. The van der Waals surface area contributed by atoms with Gasteiger partial charge in [-0.05, 0) is 52.2 Å². The largest absolute Gasteiger partial charge is 0.497 e. The highest BCUT2D eigenvalue weighted by atomic mass is 79.9. The van der Waals surface area contributed by atoms with Crippen molar-refractivity contribution in [2.45, 2.75) is 18.9 Å². The van der Waals surface area contributed by atoms with Gasteiger partial charge in [-0.3, -0.25) is 24.0 Å².